The first-order chi connectivity index (χ1) is 15.7. The van der Waals surface area contributed by atoms with E-state index in [1.54, 1.807) is 12.5 Å². The molecule has 4 aromatic rings. The largest absolute Gasteiger partial charge is 0.378 e. The van der Waals surface area contributed by atoms with Crippen LogP contribution in [0.15, 0.2) is 54.0 Å². The maximum Gasteiger partial charge on any atom is 0.229 e. The smallest absolute Gasteiger partial charge is 0.229 e. The van der Waals surface area contributed by atoms with Crippen molar-refractivity contribution in [3.8, 4) is 5.69 Å². The van der Waals surface area contributed by atoms with Gasteiger partial charge in [-0.25, -0.2) is 4.98 Å². The van der Waals surface area contributed by atoms with Gasteiger partial charge in [0.2, 0.25) is 5.95 Å². The maximum absolute atomic E-state index is 5.49. The summed E-state index contributed by atoms with van der Waals surface area (Å²) in [5.74, 6) is 1.18. The van der Waals surface area contributed by atoms with Crippen LogP contribution in [0.3, 0.4) is 0 Å². The van der Waals surface area contributed by atoms with Crippen molar-refractivity contribution in [2.45, 2.75) is 13.8 Å². The fourth-order valence-corrected chi connectivity index (χ4v) is 3.58. The first-order valence-electron chi connectivity index (χ1n) is 10.5. The summed E-state index contributed by atoms with van der Waals surface area (Å²) in [4.78, 5) is 20.7. The number of imidazole rings is 1. The van der Waals surface area contributed by atoms with E-state index >= 15 is 0 Å². The average Bonchev–Trinajstić information content (AvgIpc) is 3.24. The van der Waals surface area contributed by atoms with Crippen LogP contribution in [-0.2, 0) is 4.74 Å². The summed E-state index contributed by atoms with van der Waals surface area (Å²) in [6.07, 6.45) is 5.33. The summed E-state index contributed by atoms with van der Waals surface area (Å²) >= 11 is 0. The second kappa shape index (κ2) is 8.72. The number of rotatable bonds is 5. The lowest BCUT2D eigenvalue weighted by Gasteiger charge is -2.27. The highest BCUT2D eigenvalue weighted by atomic mass is 16.5. The number of nitrogens with zero attached hydrogens (tertiary/aromatic N) is 7. The van der Waals surface area contributed by atoms with Crippen molar-refractivity contribution in [2.75, 3.05) is 36.6 Å². The Balaban J connectivity index is 1.55. The van der Waals surface area contributed by atoms with Gasteiger partial charge in [0.1, 0.15) is 6.33 Å². The molecule has 0 radical (unpaired) electrons. The minimum absolute atomic E-state index is 0.555. The topological polar surface area (TPSA) is 93.4 Å². The molecule has 3 aromatic heterocycles. The van der Waals surface area contributed by atoms with Crippen LogP contribution in [0.2, 0.25) is 0 Å². The Kier molecular flexibility index (Phi) is 5.47. The summed E-state index contributed by atoms with van der Waals surface area (Å²) < 4.78 is 7.41. The quantitative estimate of drug-likeness (QED) is 0.386. The van der Waals surface area contributed by atoms with Crippen molar-refractivity contribution >= 4 is 29.1 Å². The van der Waals surface area contributed by atoms with Crippen LogP contribution in [-0.4, -0.2) is 57.0 Å². The summed E-state index contributed by atoms with van der Waals surface area (Å²) in [6, 6.07) is 12.1. The molecule has 1 saturated heterocycles. The molecule has 1 aliphatic rings. The fraction of sp³-hybridized carbons (Fsp3) is 0.261. The highest BCUT2D eigenvalue weighted by molar-refractivity contribution is 5.87. The molecule has 1 N–H and O–H groups in total. The van der Waals surface area contributed by atoms with Gasteiger partial charge in [-0.05, 0) is 31.5 Å². The number of ether oxygens (including phenoxy) is 1. The Morgan fingerprint density at radius 1 is 1.06 bits per heavy atom. The van der Waals surface area contributed by atoms with Crippen LogP contribution in [0.25, 0.3) is 16.9 Å². The Morgan fingerprint density at radius 2 is 1.94 bits per heavy atom. The molecule has 4 heterocycles. The normalized spacial score (nSPS) is 14.4. The molecule has 0 spiro atoms. The van der Waals surface area contributed by atoms with E-state index in [1.807, 2.05) is 42.0 Å². The van der Waals surface area contributed by atoms with Gasteiger partial charge in [-0.3, -0.25) is 15.0 Å². The molecule has 0 atom stereocenters. The number of anilines is 2. The molecule has 1 aromatic carbocycles. The first-order valence-corrected chi connectivity index (χ1v) is 10.5. The third kappa shape index (κ3) is 4.15. The molecule has 0 amide bonds. The number of nitrogens with one attached hydrogen (secondary N) is 1. The van der Waals surface area contributed by atoms with Gasteiger partial charge in [0.25, 0.3) is 0 Å². The van der Waals surface area contributed by atoms with Gasteiger partial charge in [-0.1, -0.05) is 29.8 Å². The minimum Gasteiger partial charge on any atom is -0.378 e. The Morgan fingerprint density at radius 3 is 2.72 bits per heavy atom. The highest BCUT2D eigenvalue weighted by Crippen LogP contribution is 2.25. The highest BCUT2D eigenvalue weighted by Gasteiger charge is 2.19. The zero-order valence-electron chi connectivity index (χ0n) is 18.1. The van der Waals surface area contributed by atoms with Crippen molar-refractivity contribution in [1.82, 2.24) is 24.5 Å². The molecule has 9 heteroatoms. The third-order valence-electron chi connectivity index (χ3n) is 5.28. The first kappa shape index (κ1) is 20.1. The Bertz CT molecular complexity index is 1260. The number of pyridine rings is 1. The second-order valence-electron chi connectivity index (χ2n) is 7.70. The van der Waals surface area contributed by atoms with Crippen LogP contribution in [0.1, 0.15) is 16.8 Å². The zero-order chi connectivity index (χ0) is 21.9. The summed E-state index contributed by atoms with van der Waals surface area (Å²) in [5, 5.41) is 4.41. The van der Waals surface area contributed by atoms with E-state index in [-0.39, 0.29) is 0 Å². The summed E-state index contributed by atoms with van der Waals surface area (Å²) in [6.45, 7) is 6.78. The molecule has 1 aliphatic heterocycles. The molecule has 5 rings (SSSR count). The maximum atomic E-state index is 5.49. The van der Waals surface area contributed by atoms with E-state index in [2.05, 4.69) is 44.5 Å². The lowest BCUT2D eigenvalue weighted by molar-refractivity contribution is 0.122. The third-order valence-corrected chi connectivity index (χ3v) is 5.28. The van der Waals surface area contributed by atoms with E-state index in [4.69, 9.17) is 14.7 Å². The minimum atomic E-state index is 0.555. The number of hydrogen-bond donors (Lipinski definition) is 1. The Labute approximate surface area is 185 Å². The van der Waals surface area contributed by atoms with E-state index in [0.717, 1.165) is 30.0 Å². The molecule has 0 saturated carbocycles. The summed E-state index contributed by atoms with van der Waals surface area (Å²) in [7, 11) is 0. The number of benzene rings is 1. The predicted molar refractivity (Wildman–Crippen MR) is 125 cm³/mol. The van der Waals surface area contributed by atoms with Gasteiger partial charge in [0, 0.05) is 18.8 Å². The predicted octanol–water partition coefficient (Wildman–Crippen LogP) is 3.11. The number of hydrogen-bond acceptors (Lipinski definition) is 8. The standard InChI is InChI=1S/C23H24N8O/c1-16-4-3-5-18(12-16)13-26-29-21-20-22(28-23(27-21)30-8-10-32-11-9-30)31(15-25-20)19-7-6-17(2)24-14-19/h3-7,12-15H,8-11H2,1-2H3,(H,27,28,29). The zero-order valence-corrected chi connectivity index (χ0v) is 18.1. The molecule has 162 valence electrons. The molecule has 32 heavy (non-hydrogen) atoms. The molecule has 0 aliphatic carbocycles. The molecular formula is C23H24N8O. The molecule has 0 unspecified atom stereocenters. The van der Waals surface area contributed by atoms with Crippen LogP contribution in [0, 0.1) is 13.8 Å². The van der Waals surface area contributed by atoms with Crippen molar-refractivity contribution < 1.29 is 4.74 Å². The van der Waals surface area contributed by atoms with Gasteiger partial charge in [0.05, 0.1) is 31.3 Å². The lowest BCUT2D eigenvalue weighted by Crippen LogP contribution is -2.37. The van der Waals surface area contributed by atoms with Gasteiger partial charge in [-0.15, -0.1) is 0 Å². The van der Waals surface area contributed by atoms with Gasteiger partial charge < -0.3 is 9.64 Å². The number of hydrazone groups is 1. The average molecular weight is 429 g/mol. The number of morpholine rings is 1. The van der Waals surface area contributed by atoms with Crippen molar-refractivity contribution in [3.63, 3.8) is 0 Å². The van der Waals surface area contributed by atoms with Gasteiger partial charge >= 0.3 is 0 Å². The van der Waals surface area contributed by atoms with Crippen LogP contribution >= 0.6 is 0 Å². The van der Waals surface area contributed by atoms with Gasteiger partial charge in [-0.2, -0.15) is 15.1 Å². The van der Waals surface area contributed by atoms with Gasteiger partial charge in [0.15, 0.2) is 17.0 Å². The number of fused-ring (bicyclic) bond motifs is 1. The van der Waals surface area contributed by atoms with E-state index in [1.165, 1.54) is 5.56 Å². The number of aryl methyl sites for hydroxylation is 2. The van der Waals surface area contributed by atoms with Crippen LogP contribution in [0.5, 0.6) is 0 Å². The van der Waals surface area contributed by atoms with Crippen LogP contribution < -0.4 is 10.3 Å². The Hall–Kier alpha value is -3.85. The SMILES string of the molecule is Cc1cccc(C=NNc2nc(N3CCOCC3)nc3c2ncn3-c2ccc(C)nc2)c1. The molecule has 1 fully saturated rings. The van der Waals surface area contributed by atoms with Crippen LogP contribution in [0.4, 0.5) is 11.8 Å². The molecule has 0 bridgehead atoms. The number of aromatic nitrogens is 5. The summed E-state index contributed by atoms with van der Waals surface area (Å²) in [5.41, 5.74) is 8.44. The second-order valence-corrected chi connectivity index (χ2v) is 7.70. The van der Waals surface area contributed by atoms with Crippen molar-refractivity contribution in [3.05, 3.63) is 65.7 Å². The van der Waals surface area contributed by atoms with E-state index < -0.39 is 0 Å². The van der Waals surface area contributed by atoms with Crippen molar-refractivity contribution in [2.24, 2.45) is 5.10 Å². The molecular weight excluding hydrogens is 404 g/mol. The van der Waals surface area contributed by atoms with E-state index in [9.17, 15) is 0 Å². The molecule has 9 nitrogen and oxygen atoms in total. The fourth-order valence-electron chi connectivity index (χ4n) is 3.58. The van der Waals surface area contributed by atoms with E-state index in [0.29, 0.717) is 36.1 Å². The lowest BCUT2D eigenvalue weighted by atomic mass is 10.2. The monoisotopic (exact) mass is 428 g/mol. The van der Waals surface area contributed by atoms with Crippen molar-refractivity contribution in [1.29, 1.82) is 0 Å².